The van der Waals surface area contributed by atoms with Gasteiger partial charge in [0, 0.05) is 12.2 Å². The van der Waals surface area contributed by atoms with E-state index < -0.39 is 17.0 Å². The maximum absolute atomic E-state index is 14.0. The molecule has 0 N–H and O–H groups in total. The Labute approximate surface area is 124 Å². The highest BCUT2D eigenvalue weighted by Gasteiger charge is 2.33. The number of hydrogen-bond acceptors (Lipinski definition) is 3. The van der Waals surface area contributed by atoms with Gasteiger partial charge in [0.25, 0.3) is 0 Å². The Morgan fingerprint density at radius 3 is 2.67 bits per heavy atom. The molecule has 2 heterocycles. The molecule has 1 saturated heterocycles. The third-order valence-electron chi connectivity index (χ3n) is 3.35. The van der Waals surface area contributed by atoms with Crippen LogP contribution < -0.4 is 0 Å². The predicted octanol–water partition coefficient (Wildman–Crippen LogP) is 3.72. The Balaban J connectivity index is 1.95. The van der Waals surface area contributed by atoms with Gasteiger partial charge in [0.15, 0.2) is 0 Å². The standard InChI is InChI=1S/C15H13F2NO2S/c16-11-4-1-5-12(17)14(11)15-18(13(19)6-8-21-15)9-10-3-2-7-20-10/h1-5,7,15H,6,8-9H2. The fraction of sp³-hybridized carbons (Fsp3) is 0.267. The van der Waals surface area contributed by atoms with Crippen molar-refractivity contribution in [2.45, 2.75) is 18.3 Å². The number of benzene rings is 1. The summed E-state index contributed by atoms with van der Waals surface area (Å²) in [6, 6.07) is 7.20. The van der Waals surface area contributed by atoms with E-state index in [2.05, 4.69) is 0 Å². The topological polar surface area (TPSA) is 33.5 Å². The van der Waals surface area contributed by atoms with Crippen molar-refractivity contribution in [1.82, 2.24) is 4.90 Å². The second-order valence-electron chi connectivity index (χ2n) is 4.71. The SMILES string of the molecule is O=C1CCSC(c2c(F)cccc2F)N1Cc1ccco1. The van der Waals surface area contributed by atoms with E-state index in [1.165, 1.54) is 41.1 Å². The lowest BCUT2D eigenvalue weighted by Gasteiger charge is -2.35. The minimum Gasteiger partial charge on any atom is -0.467 e. The summed E-state index contributed by atoms with van der Waals surface area (Å²) in [5.41, 5.74) is -0.0675. The molecule has 1 aliphatic heterocycles. The summed E-state index contributed by atoms with van der Waals surface area (Å²) in [5, 5.41) is -0.669. The molecule has 3 rings (SSSR count). The normalized spacial score (nSPS) is 19.0. The van der Waals surface area contributed by atoms with Crippen LogP contribution in [0.3, 0.4) is 0 Å². The molecule has 1 aromatic heterocycles. The van der Waals surface area contributed by atoms with E-state index in [1.807, 2.05) is 0 Å². The van der Waals surface area contributed by atoms with Crippen LogP contribution >= 0.6 is 11.8 Å². The highest BCUT2D eigenvalue weighted by Crippen LogP contribution is 2.40. The molecule has 21 heavy (non-hydrogen) atoms. The van der Waals surface area contributed by atoms with E-state index in [4.69, 9.17) is 4.42 Å². The van der Waals surface area contributed by atoms with Crippen LogP contribution in [0.4, 0.5) is 8.78 Å². The third kappa shape index (κ3) is 2.81. The lowest BCUT2D eigenvalue weighted by atomic mass is 10.1. The largest absolute Gasteiger partial charge is 0.467 e. The van der Waals surface area contributed by atoms with Crippen molar-refractivity contribution in [3.05, 3.63) is 59.6 Å². The predicted molar refractivity (Wildman–Crippen MR) is 75.4 cm³/mol. The lowest BCUT2D eigenvalue weighted by Crippen LogP contribution is -2.37. The first-order valence-corrected chi connectivity index (χ1v) is 7.59. The van der Waals surface area contributed by atoms with E-state index in [-0.39, 0.29) is 18.0 Å². The average molecular weight is 309 g/mol. The zero-order valence-corrected chi connectivity index (χ0v) is 11.9. The summed E-state index contributed by atoms with van der Waals surface area (Å²) < 4.78 is 33.2. The van der Waals surface area contributed by atoms with Gasteiger partial charge in [0.2, 0.25) is 5.91 Å². The number of nitrogens with zero attached hydrogens (tertiary/aromatic N) is 1. The second-order valence-corrected chi connectivity index (χ2v) is 5.90. The van der Waals surface area contributed by atoms with Crippen molar-refractivity contribution < 1.29 is 18.0 Å². The van der Waals surface area contributed by atoms with Gasteiger partial charge in [-0.05, 0) is 24.3 Å². The first kappa shape index (κ1) is 14.1. The fourth-order valence-electron chi connectivity index (χ4n) is 2.35. The summed E-state index contributed by atoms with van der Waals surface area (Å²) in [4.78, 5) is 13.6. The fourth-order valence-corrected chi connectivity index (χ4v) is 3.63. The number of amides is 1. The van der Waals surface area contributed by atoms with Gasteiger partial charge >= 0.3 is 0 Å². The first-order valence-electron chi connectivity index (χ1n) is 6.54. The molecule has 3 nitrogen and oxygen atoms in total. The molecular formula is C15H13F2NO2S. The molecule has 110 valence electrons. The lowest BCUT2D eigenvalue weighted by molar-refractivity contribution is -0.133. The molecule has 1 aliphatic rings. The van der Waals surface area contributed by atoms with Crippen LogP contribution in [0.1, 0.15) is 23.1 Å². The number of halogens is 2. The van der Waals surface area contributed by atoms with Gasteiger partial charge in [0.05, 0.1) is 18.4 Å². The molecule has 1 aromatic carbocycles. The van der Waals surface area contributed by atoms with E-state index in [1.54, 1.807) is 12.1 Å². The summed E-state index contributed by atoms with van der Waals surface area (Å²) in [7, 11) is 0. The zero-order valence-electron chi connectivity index (χ0n) is 11.1. The molecule has 0 spiro atoms. The molecule has 2 aromatic rings. The van der Waals surface area contributed by atoms with Crippen molar-refractivity contribution in [2.75, 3.05) is 5.75 Å². The quantitative estimate of drug-likeness (QED) is 0.866. The Hall–Kier alpha value is -1.82. The van der Waals surface area contributed by atoms with E-state index in [0.29, 0.717) is 17.9 Å². The van der Waals surface area contributed by atoms with E-state index >= 15 is 0 Å². The molecule has 0 radical (unpaired) electrons. The van der Waals surface area contributed by atoms with Gasteiger partial charge in [-0.2, -0.15) is 0 Å². The van der Waals surface area contributed by atoms with Crippen molar-refractivity contribution in [3.63, 3.8) is 0 Å². The van der Waals surface area contributed by atoms with Crippen molar-refractivity contribution in [3.8, 4) is 0 Å². The van der Waals surface area contributed by atoms with E-state index in [0.717, 1.165) is 0 Å². The Morgan fingerprint density at radius 1 is 1.24 bits per heavy atom. The van der Waals surface area contributed by atoms with Gasteiger partial charge in [-0.1, -0.05) is 6.07 Å². The Bertz CT molecular complexity index is 625. The smallest absolute Gasteiger partial charge is 0.224 e. The van der Waals surface area contributed by atoms with Gasteiger partial charge in [0.1, 0.15) is 22.8 Å². The van der Waals surface area contributed by atoms with Crippen LogP contribution in [0.15, 0.2) is 41.0 Å². The Morgan fingerprint density at radius 2 is 2.00 bits per heavy atom. The van der Waals surface area contributed by atoms with Crippen molar-refractivity contribution >= 4 is 17.7 Å². The van der Waals surface area contributed by atoms with E-state index in [9.17, 15) is 13.6 Å². The first-order chi connectivity index (χ1) is 10.2. The number of rotatable bonds is 3. The highest BCUT2D eigenvalue weighted by atomic mass is 32.2. The van der Waals surface area contributed by atoms with Gasteiger partial charge in [-0.3, -0.25) is 4.79 Å². The summed E-state index contributed by atoms with van der Waals surface area (Å²) >= 11 is 1.36. The second kappa shape index (κ2) is 5.89. The van der Waals surface area contributed by atoms with Crippen LogP contribution in [-0.4, -0.2) is 16.6 Å². The van der Waals surface area contributed by atoms with Gasteiger partial charge < -0.3 is 9.32 Å². The number of carbonyl (C=O) groups is 1. The van der Waals surface area contributed by atoms with Crippen molar-refractivity contribution in [1.29, 1.82) is 0 Å². The van der Waals surface area contributed by atoms with Crippen LogP contribution in [0.5, 0.6) is 0 Å². The molecule has 1 fully saturated rings. The molecule has 1 amide bonds. The summed E-state index contributed by atoms with van der Waals surface area (Å²) in [6.45, 7) is 0.206. The zero-order chi connectivity index (χ0) is 14.8. The maximum Gasteiger partial charge on any atom is 0.224 e. The number of carbonyl (C=O) groups excluding carboxylic acids is 1. The molecule has 1 atom stereocenters. The summed E-state index contributed by atoms with van der Waals surface area (Å²) in [5.74, 6) is -0.255. The average Bonchev–Trinajstić information content (AvgIpc) is 2.95. The maximum atomic E-state index is 14.0. The van der Waals surface area contributed by atoms with Crippen LogP contribution in [-0.2, 0) is 11.3 Å². The van der Waals surface area contributed by atoms with Crippen LogP contribution in [0, 0.1) is 11.6 Å². The minimum atomic E-state index is -0.669. The third-order valence-corrected chi connectivity index (χ3v) is 4.59. The van der Waals surface area contributed by atoms with Gasteiger partial charge in [-0.25, -0.2) is 8.78 Å². The molecule has 1 unspecified atom stereocenters. The highest BCUT2D eigenvalue weighted by molar-refractivity contribution is 7.99. The molecule has 0 aliphatic carbocycles. The van der Waals surface area contributed by atoms with Gasteiger partial charge in [-0.15, -0.1) is 11.8 Å². The molecule has 6 heteroatoms. The summed E-state index contributed by atoms with van der Waals surface area (Å²) in [6.07, 6.45) is 1.87. The van der Waals surface area contributed by atoms with Crippen LogP contribution in [0.2, 0.25) is 0 Å². The molecule has 0 saturated carbocycles. The van der Waals surface area contributed by atoms with Crippen molar-refractivity contribution in [2.24, 2.45) is 0 Å². The number of furan rings is 1. The minimum absolute atomic E-state index is 0.0675. The molecule has 0 bridgehead atoms. The monoisotopic (exact) mass is 309 g/mol. The number of thioether (sulfide) groups is 1. The molecular weight excluding hydrogens is 296 g/mol. The van der Waals surface area contributed by atoms with Crippen LogP contribution in [0.25, 0.3) is 0 Å². The Kier molecular flexibility index (Phi) is 3.96. The number of hydrogen-bond donors (Lipinski definition) is 0.